The molecule has 0 aromatic rings. The fourth-order valence-corrected chi connectivity index (χ4v) is 5.66. The highest BCUT2D eigenvalue weighted by Gasteiger charge is 2.53. The topological polar surface area (TPSA) is 44.8 Å². The molecule has 1 fully saturated rings. The third kappa shape index (κ3) is 4.16. The molecule has 3 atom stereocenters. The molecule has 1 aliphatic heterocycles. The Hall–Kier alpha value is -0.436. The minimum absolute atomic E-state index is 0.00477. The van der Waals surface area contributed by atoms with Crippen LogP contribution in [0, 0.1) is 0 Å². The standard InChI is InChI=1S/C17H32O4Si2/c1-16(2,3)23(7,8)20-13-9-10-17(21-22(4,5)6)12-15(18)19-14(17)11-13/h9-10,13-14H,11-12H2,1-8H3/t13?,14-,17+/m0/s1. The van der Waals surface area contributed by atoms with Gasteiger partial charge < -0.3 is 13.6 Å². The van der Waals surface area contributed by atoms with Crippen LogP contribution in [-0.4, -0.2) is 40.4 Å². The summed E-state index contributed by atoms with van der Waals surface area (Å²) in [6.45, 7) is 17.7. The van der Waals surface area contributed by atoms with E-state index in [0.29, 0.717) is 12.8 Å². The summed E-state index contributed by atoms with van der Waals surface area (Å²) in [4.78, 5) is 11.9. The Morgan fingerprint density at radius 1 is 1.22 bits per heavy atom. The zero-order valence-electron chi connectivity index (χ0n) is 15.9. The summed E-state index contributed by atoms with van der Waals surface area (Å²) in [7, 11) is -3.63. The van der Waals surface area contributed by atoms with Crippen molar-refractivity contribution in [3.8, 4) is 0 Å². The average Bonchev–Trinajstić information content (AvgIpc) is 2.59. The van der Waals surface area contributed by atoms with Gasteiger partial charge in [0.05, 0.1) is 12.5 Å². The lowest BCUT2D eigenvalue weighted by Crippen LogP contribution is -2.52. The van der Waals surface area contributed by atoms with Crippen molar-refractivity contribution in [1.29, 1.82) is 0 Å². The Balaban J connectivity index is 2.19. The Labute approximate surface area is 142 Å². The summed E-state index contributed by atoms with van der Waals surface area (Å²) in [5, 5.41) is 0.163. The van der Waals surface area contributed by atoms with Gasteiger partial charge in [-0.1, -0.05) is 32.9 Å². The summed E-state index contributed by atoms with van der Waals surface area (Å²) < 4.78 is 18.4. The van der Waals surface area contributed by atoms with Crippen LogP contribution in [0.4, 0.5) is 0 Å². The van der Waals surface area contributed by atoms with E-state index in [9.17, 15) is 4.79 Å². The Morgan fingerprint density at radius 2 is 1.83 bits per heavy atom. The van der Waals surface area contributed by atoms with E-state index in [-0.39, 0.29) is 23.2 Å². The molecule has 0 N–H and O–H groups in total. The molecule has 1 unspecified atom stereocenters. The van der Waals surface area contributed by atoms with Crippen LogP contribution in [0.1, 0.15) is 33.6 Å². The zero-order valence-corrected chi connectivity index (χ0v) is 17.9. The molecule has 0 aromatic carbocycles. The average molecular weight is 357 g/mol. The molecule has 0 saturated carbocycles. The van der Waals surface area contributed by atoms with E-state index in [1.54, 1.807) is 0 Å². The normalized spacial score (nSPS) is 31.9. The molecule has 2 rings (SSSR count). The summed E-state index contributed by atoms with van der Waals surface area (Å²) >= 11 is 0. The Kier molecular flexibility index (Phi) is 4.79. The molecule has 2 aliphatic rings. The monoisotopic (exact) mass is 356 g/mol. The third-order valence-electron chi connectivity index (χ3n) is 5.03. The van der Waals surface area contributed by atoms with Gasteiger partial charge >= 0.3 is 5.97 Å². The third-order valence-corrected chi connectivity index (χ3v) is 10.5. The highest BCUT2D eigenvalue weighted by atomic mass is 28.4. The molecule has 1 aliphatic carbocycles. The van der Waals surface area contributed by atoms with Crippen molar-refractivity contribution in [3.63, 3.8) is 0 Å². The predicted molar refractivity (Wildman–Crippen MR) is 97.5 cm³/mol. The Bertz CT molecular complexity index is 502. The number of carbonyl (C=O) groups is 1. The summed E-state index contributed by atoms with van der Waals surface area (Å²) in [5.41, 5.74) is -0.575. The smallest absolute Gasteiger partial charge is 0.309 e. The van der Waals surface area contributed by atoms with Crippen LogP contribution in [0.3, 0.4) is 0 Å². The van der Waals surface area contributed by atoms with Gasteiger partial charge in [-0.3, -0.25) is 4.79 Å². The minimum Gasteiger partial charge on any atom is -0.459 e. The molecule has 4 nitrogen and oxygen atoms in total. The van der Waals surface area contributed by atoms with Gasteiger partial charge in [-0.15, -0.1) is 0 Å². The highest BCUT2D eigenvalue weighted by molar-refractivity contribution is 6.74. The van der Waals surface area contributed by atoms with Crippen LogP contribution in [0.15, 0.2) is 12.2 Å². The molecule has 132 valence electrons. The van der Waals surface area contributed by atoms with Crippen molar-refractivity contribution in [1.82, 2.24) is 0 Å². The molecule has 0 radical (unpaired) electrons. The van der Waals surface area contributed by atoms with E-state index in [0.717, 1.165) is 0 Å². The maximum atomic E-state index is 11.9. The number of fused-ring (bicyclic) bond motifs is 1. The first-order valence-corrected chi connectivity index (χ1v) is 14.8. The van der Waals surface area contributed by atoms with Gasteiger partial charge in [0.1, 0.15) is 11.7 Å². The van der Waals surface area contributed by atoms with Gasteiger partial charge in [-0.25, -0.2) is 0 Å². The van der Waals surface area contributed by atoms with Gasteiger partial charge in [-0.05, 0) is 37.8 Å². The number of hydrogen-bond donors (Lipinski definition) is 0. The molecule has 0 spiro atoms. The molecule has 1 heterocycles. The van der Waals surface area contributed by atoms with Gasteiger partial charge in [0, 0.05) is 6.42 Å². The molecule has 0 bridgehead atoms. The van der Waals surface area contributed by atoms with Crippen LogP contribution in [0.2, 0.25) is 37.8 Å². The van der Waals surface area contributed by atoms with Crippen molar-refractivity contribution in [2.75, 3.05) is 0 Å². The summed E-state index contributed by atoms with van der Waals surface area (Å²) in [6.07, 6.45) is 4.94. The number of ether oxygens (including phenoxy) is 1. The largest absolute Gasteiger partial charge is 0.459 e. The number of carbonyl (C=O) groups excluding carboxylic acids is 1. The molecular weight excluding hydrogens is 324 g/mol. The van der Waals surface area contributed by atoms with E-state index >= 15 is 0 Å². The zero-order chi connectivity index (χ0) is 17.7. The van der Waals surface area contributed by atoms with Crippen molar-refractivity contribution in [3.05, 3.63) is 12.2 Å². The molecule has 1 saturated heterocycles. The number of hydrogen-bond acceptors (Lipinski definition) is 4. The lowest BCUT2D eigenvalue weighted by molar-refractivity contribution is -0.143. The fraction of sp³-hybridized carbons (Fsp3) is 0.824. The quantitative estimate of drug-likeness (QED) is 0.429. The lowest BCUT2D eigenvalue weighted by Gasteiger charge is -2.43. The minimum atomic E-state index is -1.85. The van der Waals surface area contributed by atoms with Crippen LogP contribution in [0.5, 0.6) is 0 Å². The van der Waals surface area contributed by atoms with E-state index in [1.807, 2.05) is 6.08 Å². The van der Waals surface area contributed by atoms with E-state index in [1.165, 1.54) is 0 Å². The first-order valence-electron chi connectivity index (χ1n) is 8.51. The molecular formula is C17H32O4Si2. The predicted octanol–water partition coefficient (Wildman–Crippen LogP) is 4.24. The van der Waals surface area contributed by atoms with Crippen LogP contribution in [-0.2, 0) is 18.4 Å². The van der Waals surface area contributed by atoms with Gasteiger partial charge in [0.2, 0.25) is 0 Å². The van der Waals surface area contributed by atoms with Crippen LogP contribution < -0.4 is 0 Å². The van der Waals surface area contributed by atoms with E-state index < -0.39 is 22.2 Å². The van der Waals surface area contributed by atoms with Crippen molar-refractivity contribution in [2.45, 2.75) is 89.2 Å². The highest BCUT2D eigenvalue weighted by Crippen LogP contribution is 2.43. The van der Waals surface area contributed by atoms with E-state index in [2.05, 4.69) is 59.6 Å². The molecule has 6 heteroatoms. The van der Waals surface area contributed by atoms with Crippen molar-refractivity contribution in [2.24, 2.45) is 0 Å². The maximum Gasteiger partial charge on any atom is 0.309 e. The van der Waals surface area contributed by atoms with E-state index in [4.69, 9.17) is 13.6 Å². The Morgan fingerprint density at radius 3 is 2.35 bits per heavy atom. The first-order chi connectivity index (χ1) is 10.2. The van der Waals surface area contributed by atoms with Crippen molar-refractivity contribution < 1.29 is 18.4 Å². The second-order valence-electron chi connectivity index (χ2n) is 9.34. The molecule has 0 amide bonds. The second-order valence-corrected chi connectivity index (χ2v) is 18.5. The summed E-state index contributed by atoms with van der Waals surface area (Å²) in [5.74, 6) is -0.161. The van der Waals surface area contributed by atoms with Crippen LogP contribution in [0.25, 0.3) is 0 Å². The van der Waals surface area contributed by atoms with Gasteiger partial charge in [0.25, 0.3) is 0 Å². The van der Waals surface area contributed by atoms with Gasteiger partial charge in [0.15, 0.2) is 16.6 Å². The molecule has 23 heavy (non-hydrogen) atoms. The lowest BCUT2D eigenvalue weighted by atomic mass is 9.86. The number of rotatable bonds is 4. The fourth-order valence-electron chi connectivity index (χ4n) is 2.96. The number of esters is 1. The first kappa shape index (κ1) is 18.9. The summed E-state index contributed by atoms with van der Waals surface area (Å²) in [6, 6.07) is 0. The van der Waals surface area contributed by atoms with Crippen molar-refractivity contribution >= 4 is 22.6 Å². The van der Waals surface area contributed by atoms with Crippen LogP contribution >= 0.6 is 0 Å². The SMILES string of the molecule is CC(C)(C)[Si](C)(C)OC1C=C[C@@]2(O[Si](C)(C)C)CC(=O)O[C@H]2C1. The van der Waals surface area contributed by atoms with Gasteiger partial charge in [-0.2, -0.15) is 0 Å². The second kappa shape index (κ2) is 5.83. The maximum absolute atomic E-state index is 11.9. The molecule has 0 aromatic heterocycles.